The van der Waals surface area contributed by atoms with Crippen molar-refractivity contribution in [3.63, 3.8) is 0 Å². The molecule has 0 radical (unpaired) electrons. The van der Waals surface area contributed by atoms with E-state index in [0.717, 1.165) is 30.2 Å². The molecule has 1 aromatic rings. The molecule has 1 N–H and O–H groups in total. The number of amides is 1. The molecule has 0 aromatic heterocycles. The third-order valence-corrected chi connectivity index (χ3v) is 4.90. The first kappa shape index (κ1) is 19.5. The van der Waals surface area contributed by atoms with E-state index in [9.17, 15) is 13.2 Å². The third-order valence-electron chi connectivity index (χ3n) is 3.66. The van der Waals surface area contributed by atoms with Gasteiger partial charge in [0.2, 0.25) is 15.9 Å². The minimum atomic E-state index is -3.57. The lowest BCUT2D eigenvalue weighted by atomic mass is 10.1. The molecular weight excluding hydrogens is 312 g/mol. The first-order chi connectivity index (χ1) is 10.6. The van der Waals surface area contributed by atoms with Crippen LogP contribution in [-0.4, -0.2) is 32.7 Å². The first-order valence-electron chi connectivity index (χ1n) is 7.94. The van der Waals surface area contributed by atoms with Crippen molar-refractivity contribution in [1.82, 2.24) is 5.32 Å². The molecule has 0 unspecified atom stereocenters. The smallest absolute Gasteiger partial charge is 0.243 e. The second kappa shape index (κ2) is 7.81. The maximum absolute atomic E-state index is 12.4. The maximum Gasteiger partial charge on any atom is 0.243 e. The van der Waals surface area contributed by atoms with E-state index < -0.39 is 16.1 Å². The number of sulfonamides is 1. The normalized spacial score (nSPS) is 14.2. The summed E-state index contributed by atoms with van der Waals surface area (Å²) in [5, 5.41) is 2.89. The summed E-state index contributed by atoms with van der Waals surface area (Å²) in [6.45, 7) is 9.41. The van der Waals surface area contributed by atoms with Crippen LogP contribution in [0.5, 0.6) is 0 Å². The molecule has 1 aromatic carbocycles. The number of nitrogens with zero attached hydrogens (tertiary/aromatic N) is 1. The van der Waals surface area contributed by atoms with E-state index in [2.05, 4.69) is 5.32 Å². The van der Waals surface area contributed by atoms with Crippen LogP contribution in [-0.2, 0) is 14.8 Å². The van der Waals surface area contributed by atoms with Crippen molar-refractivity contribution in [1.29, 1.82) is 0 Å². The van der Waals surface area contributed by atoms with E-state index in [-0.39, 0.29) is 11.9 Å². The number of aryl methyl sites for hydroxylation is 2. The summed E-state index contributed by atoms with van der Waals surface area (Å²) >= 11 is 0. The van der Waals surface area contributed by atoms with Gasteiger partial charge in [0, 0.05) is 6.04 Å². The Balaban J connectivity index is 3.14. The molecule has 2 atom stereocenters. The molecule has 1 amide bonds. The van der Waals surface area contributed by atoms with Crippen molar-refractivity contribution < 1.29 is 13.2 Å². The van der Waals surface area contributed by atoms with Crippen LogP contribution in [0.15, 0.2) is 18.2 Å². The number of benzene rings is 1. The Labute approximate surface area is 140 Å². The minimum Gasteiger partial charge on any atom is -0.352 e. The highest BCUT2D eigenvalue weighted by molar-refractivity contribution is 7.92. The van der Waals surface area contributed by atoms with Gasteiger partial charge in [-0.25, -0.2) is 8.42 Å². The monoisotopic (exact) mass is 340 g/mol. The van der Waals surface area contributed by atoms with Gasteiger partial charge in [-0.3, -0.25) is 9.10 Å². The third kappa shape index (κ3) is 5.53. The molecule has 130 valence electrons. The lowest BCUT2D eigenvalue weighted by molar-refractivity contribution is -0.122. The number of carbonyl (C=O) groups is 1. The topological polar surface area (TPSA) is 66.5 Å². The number of anilines is 1. The molecule has 23 heavy (non-hydrogen) atoms. The zero-order valence-corrected chi connectivity index (χ0v) is 15.7. The van der Waals surface area contributed by atoms with Crippen LogP contribution in [0.25, 0.3) is 0 Å². The highest BCUT2D eigenvalue weighted by Crippen LogP contribution is 2.24. The number of hydrogen-bond acceptors (Lipinski definition) is 3. The van der Waals surface area contributed by atoms with E-state index in [1.807, 2.05) is 33.8 Å². The van der Waals surface area contributed by atoms with Gasteiger partial charge in [0.15, 0.2) is 0 Å². The number of nitrogens with one attached hydrogen (secondary N) is 1. The fourth-order valence-electron chi connectivity index (χ4n) is 2.76. The van der Waals surface area contributed by atoms with Gasteiger partial charge in [-0.05, 0) is 57.4 Å². The zero-order valence-electron chi connectivity index (χ0n) is 14.9. The molecule has 1 rings (SSSR count). The van der Waals surface area contributed by atoms with Crippen LogP contribution >= 0.6 is 0 Å². The van der Waals surface area contributed by atoms with E-state index in [1.54, 1.807) is 19.1 Å². The minimum absolute atomic E-state index is 0.0237. The second-order valence-corrected chi connectivity index (χ2v) is 8.14. The van der Waals surface area contributed by atoms with E-state index in [4.69, 9.17) is 0 Å². The molecule has 6 heteroatoms. The highest BCUT2D eigenvalue weighted by atomic mass is 32.2. The fraction of sp³-hybridized carbons (Fsp3) is 0.588. The maximum atomic E-state index is 12.4. The van der Waals surface area contributed by atoms with Crippen LogP contribution in [0, 0.1) is 13.8 Å². The Morgan fingerprint density at radius 3 is 2.13 bits per heavy atom. The number of hydrogen-bond donors (Lipinski definition) is 1. The van der Waals surface area contributed by atoms with Crippen molar-refractivity contribution in [2.75, 3.05) is 10.6 Å². The predicted molar refractivity (Wildman–Crippen MR) is 95.2 cm³/mol. The lowest BCUT2D eigenvalue weighted by Crippen LogP contribution is -2.49. The van der Waals surface area contributed by atoms with Crippen LogP contribution in [0.3, 0.4) is 0 Å². The van der Waals surface area contributed by atoms with E-state index in [0.29, 0.717) is 5.69 Å². The van der Waals surface area contributed by atoms with Gasteiger partial charge in [0.25, 0.3) is 0 Å². The summed E-state index contributed by atoms with van der Waals surface area (Å²) in [5.41, 5.74) is 2.44. The van der Waals surface area contributed by atoms with Gasteiger partial charge in [0.1, 0.15) is 6.04 Å². The first-order valence-corrected chi connectivity index (χ1v) is 9.79. The van der Waals surface area contributed by atoms with E-state index in [1.165, 1.54) is 4.31 Å². The highest BCUT2D eigenvalue weighted by Gasteiger charge is 2.29. The SMILES string of the molecule is CCC[C@@H](C)NC(=O)[C@H](C)N(c1cc(C)cc(C)c1)S(C)(=O)=O. The number of rotatable bonds is 7. The standard InChI is InChI=1S/C17H28N2O3S/c1-7-8-14(4)18-17(20)15(5)19(23(6,21)22)16-10-12(2)9-13(3)11-16/h9-11,14-15H,7-8H2,1-6H3,(H,18,20)/t14-,15+/m1/s1. The van der Waals surface area contributed by atoms with Crippen molar-refractivity contribution >= 4 is 21.6 Å². The molecule has 0 spiro atoms. The molecule has 0 saturated heterocycles. The zero-order chi connectivity index (χ0) is 17.8. The number of carbonyl (C=O) groups excluding carboxylic acids is 1. The fourth-order valence-corrected chi connectivity index (χ4v) is 3.91. The molecule has 0 aliphatic heterocycles. The van der Waals surface area contributed by atoms with Gasteiger partial charge in [0.05, 0.1) is 11.9 Å². The molecule has 0 heterocycles. The summed E-state index contributed by atoms with van der Waals surface area (Å²) in [7, 11) is -3.57. The second-order valence-electron chi connectivity index (χ2n) is 6.28. The molecule has 0 saturated carbocycles. The average molecular weight is 340 g/mol. The van der Waals surface area contributed by atoms with Crippen LogP contribution in [0.1, 0.15) is 44.7 Å². The lowest BCUT2D eigenvalue weighted by Gasteiger charge is -2.29. The van der Waals surface area contributed by atoms with Crippen LogP contribution < -0.4 is 9.62 Å². The Hall–Kier alpha value is -1.56. The van der Waals surface area contributed by atoms with Gasteiger partial charge < -0.3 is 5.32 Å². The molecule has 5 nitrogen and oxygen atoms in total. The Morgan fingerprint density at radius 1 is 1.17 bits per heavy atom. The van der Waals surface area contributed by atoms with Crippen LogP contribution in [0.2, 0.25) is 0 Å². The van der Waals surface area contributed by atoms with Crippen molar-refractivity contribution in [3.05, 3.63) is 29.3 Å². The van der Waals surface area contributed by atoms with Gasteiger partial charge in [-0.2, -0.15) is 0 Å². The molecule has 0 fully saturated rings. The summed E-state index contributed by atoms with van der Waals surface area (Å²) in [5.74, 6) is -0.282. The van der Waals surface area contributed by atoms with Gasteiger partial charge >= 0.3 is 0 Å². The average Bonchev–Trinajstić information content (AvgIpc) is 2.35. The Kier molecular flexibility index (Phi) is 6.62. The van der Waals surface area contributed by atoms with Crippen LogP contribution in [0.4, 0.5) is 5.69 Å². The van der Waals surface area contributed by atoms with Gasteiger partial charge in [-0.1, -0.05) is 19.4 Å². The molecule has 0 aliphatic rings. The Bertz CT molecular complexity index is 636. The summed E-state index contributed by atoms with van der Waals surface area (Å²) in [6.07, 6.45) is 2.95. The molecule has 0 bridgehead atoms. The van der Waals surface area contributed by atoms with Crippen molar-refractivity contribution in [2.24, 2.45) is 0 Å². The largest absolute Gasteiger partial charge is 0.352 e. The predicted octanol–water partition coefficient (Wildman–Crippen LogP) is 2.76. The van der Waals surface area contributed by atoms with Gasteiger partial charge in [-0.15, -0.1) is 0 Å². The Morgan fingerprint density at radius 2 is 1.70 bits per heavy atom. The molecular formula is C17H28N2O3S. The summed E-state index contributed by atoms with van der Waals surface area (Å²) < 4.78 is 25.7. The van der Waals surface area contributed by atoms with Crippen molar-refractivity contribution in [2.45, 2.75) is 59.5 Å². The van der Waals surface area contributed by atoms with Crippen molar-refractivity contribution in [3.8, 4) is 0 Å². The summed E-state index contributed by atoms with van der Waals surface area (Å²) in [4.78, 5) is 12.4. The quantitative estimate of drug-likeness (QED) is 0.830. The van der Waals surface area contributed by atoms with E-state index >= 15 is 0 Å². The molecule has 0 aliphatic carbocycles. The summed E-state index contributed by atoms with van der Waals surface area (Å²) in [6, 6.07) is 4.76.